The molecule has 0 spiro atoms. The van der Waals surface area contributed by atoms with Crippen LogP contribution in [-0.2, 0) is 9.59 Å². The summed E-state index contributed by atoms with van der Waals surface area (Å²) in [7, 11) is 0. The summed E-state index contributed by atoms with van der Waals surface area (Å²) in [5.41, 5.74) is 0.809. The lowest BCUT2D eigenvalue weighted by Gasteiger charge is -2.27. The number of benzene rings is 1. The van der Waals surface area contributed by atoms with E-state index < -0.39 is 6.04 Å². The Morgan fingerprint density at radius 1 is 1.15 bits per heavy atom. The third kappa shape index (κ3) is 7.14. The summed E-state index contributed by atoms with van der Waals surface area (Å²) >= 11 is 0. The fourth-order valence-electron chi connectivity index (χ4n) is 3.09. The van der Waals surface area contributed by atoms with Crippen LogP contribution < -0.4 is 16.0 Å². The average molecular weight is 361 g/mol. The highest BCUT2D eigenvalue weighted by Gasteiger charge is 2.22. The van der Waals surface area contributed by atoms with E-state index in [0.29, 0.717) is 13.0 Å². The smallest absolute Gasteiger partial charge is 0.247 e. The molecular formula is C20H32N4O2. The minimum absolute atomic E-state index is 0.0928. The number of carbonyl (C=O) groups is 2. The Balaban J connectivity index is 1.85. The van der Waals surface area contributed by atoms with E-state index in [2.05, 4.69) is 20.9 Å². The zero-order valence-electron chi connectivity index (χ0n) is 16.0. The van der Waals surface area contributed by atoms with Gasteiger partial charge in [-0.1, -0.05) is 44.2 Å². The van der Waals surface area contributed by atoms with Gasteiger partial charge < -0.3 is 20.9 Å². The monoisotopic (exact) mass is 360 g/mol. The number of nitrogens with one attached hydrogen (secondary N) is 3. The molecule has 6 heteroatoms. The molecule has 1 aliphatic heterocycles. The molecule has 0 radical (unpaired) electrons. The van der Waals surface area contributed by atoms with Crippen molar-refractivity contribution in [2.24, 2.45) is 5.92 Å². The Labute approximate surface area is 156 Å². The van der Waals surface area contributed by atoms with Gasteiger partial charge in [0.15, 0.2) is 0 Å². The van der Waals surface area contributed by atoms with E-state index in [1.54, 1.807) is 0 Å². The van der Waals surface area contributed by atoms with Crippen molar-refractivity contribution in [2.75, 3.05) is 39.3 Å². The highest BCUT2D eigenvalue weighted by atomic mass is 16.2. The van der Waals surface area contributed by atoms with Gasteiger partial charge in [-0.25, -0.2) is 0 Å². The summed E-state index contributed by atoms with van der Waals surface area (Å²) in [6.07, 6.45) is 1.33. The van der Waals surface area contributed by atoms with Crippen molar-refractivity contribution < 1.29 is 9.59 Å². The topological polar surface area (TPSA) is 73.5 Å². The van der Waals surface area contributed by atoms with E-state index in [0.717, 1.165) is 44.7 Å². The van der Waals surface area contributed by atoms with Gasteiger partial charge in [0.25, 0.3) is 0 Å². The predicted octanol–water partition coefficient (Wildman–Crippen LogP) is 1.30. The number of hydrogen-bond donors (Lipinski definition) is 3. The van der Waals surface area contributed by atoms with E-state index in [1.807, 2.05) is 44.2 Å². The molecule has 1 unspecified atom stereocenters. The molecule has 1 aromatic rings. The second kappa shape index (κ2) is 10.9. The van der Waals surface area contributed by atoms with Gasteiger partial charge in [0, 0.05) is 39.1 Å². The summed E-state index contributed by atoms with van der Waals surface area (Å²) in [6, 6.07) is 8.79. The van der Waals surface area contributed by atoms with Crippen LogP contribution in [0.2, 0.25) is 0 Å². The van der Waals surface area contributed by atoms with Crippen LogP contribution >= 0.6 is 0 Å². The van der Waals surface area contributed by atoms with Crippen LogP contribution in [0.3, 0.4) is 0 Å². The quantitative estimate of drug-likeness (QED) is 0.581. The van der Waals surface area contributed by atoms with Gasteiger partial charge in [0.1, 0.15) is 6.04 Å². The van der Waals surface area contributed by atoms with E-state index >= 15 is 0 Å². The van der Waals surface area contributed by atoms with E-state index in [-0.39, 0.29) is 17.7 Å². The largest absolute Gasteiger partial charge is 0.354 e. The molecule has 0 bridgehead atoms. The first-order chi connectivity index (χ1) is 12.6. The number of amides is 2. The number of piperazine rings is 1. The highest BCUT2D eigenvalue weighted by molar-refractivity contribution is 5.88. The van der Waals surface area contributed by atoms with Crippen molar-refractivity contribution in [3.8, 4) is 0 Å². The fourth-order valence-corrected chi connectivity index (χ4v) is 3.09. The van der Waals surface area contributed by atoms with Gasteiger partial charge in [-0.05, 0) is 24.4 Å². The number of carbonyl (C=O) groups excluding carboxylic acids is 2. The van der Waals surface area contributed by atoms with Crippen LogP contribution in [0.1, 0.15) is 38.3 Å². The first-order valence-corrected chi connectivity index (χ1v) is 9.61. The first-order valence-electron chi connectivity index (χ1n) is 9.61. The summed E-state index contributed by atoms with van der Waals surface area (Å²) in [6.45, 7) is 9.77. The summed E-state index contributed by atoms with van der Waals surface area (Å²) in [5, 5.41) is 9.20. The standard InChI is InChI=1S/C20H32N4O2/c1-16(2)15-18(25)23-19(17-7-4-3-5-8-17)20(26)22-9-6-12-24-13-10-21-11-14-24/h3-5,7-8,16,19,21H,6,9-15H2,1-2H3,(H,22,26)(H,23,25). The second-order valence-electron chi connectivity index (χ2n) is 7.25. The van der Waals surface area contributed by atoms with Crippen LogP contribution in [0.4, 0.5) is 0 Å². The normalized spacial score (nSPS) is 16.3. The molecule has 1 heterocycles. The van der Waals surface area contributed by atoms with Crippen LogP contribution in [0.5, 0.6) is 0 Å². The SMILES string of the molecule is CC(C)CC(=O)NC(C(=O)NCCCN1CCNCC1)c1ccccc1. The molecular weight excluding hydrogens is 328 g/mol. The van der Waals surface area contributed by atoms with E-state index in [1.165, 1.54) is 0 Å². The van der Waals surface area contributed by atoms with Crippen molar-refractivity contribution in [1.82, 2.24) is 20.9 Å². The molecule has 1 aromatic carbocycles. The zero-order chi connectivity index (χ0) is 18.8. The van der Waals surface area contributed by atoms with Crippen molar-refractivity contribution in [2.45, 2.75) is 32.7 Å². The summed E-state index contributed by atoms with van der Waals surface area (Å²) in [4.78, 5) is 27.2. The molecule has 3 N–H and O–H groups in total. The number of rotatable bonds is 9. The molecule has 1 fully saturated rings. The van der Waals surface area contributed by atoms with Crippen molar-refractivity contribution in [3.05, 3.63) is 35.9 Å². The van der Waals surface area contributed by atoms with Crippen LogP contribution in [-0.4, -0.2) is 56.0 Å². The van der Waals surface area contributed by atoms with Gasteiger partial charge in [-0.15, -0.1) is 0 Å². The van der Waals surface area contributed by atoms with Crippen molar-refractivity contribution >= 4 is 11.8 Å². The van der Waals surface area contributed by atoms with E-state index in [4.69, 9.17) is 0 Å². The van der Waals surface area contributed by atoms with Crippen molar-refractivity contribution in [3.63, 3.8) is 0 Å². The Morgan fingerprint density at radius 2 is 1.85 bits per heavy atom. The Hall–Kier alpha value is -1.92. The summed E-state index contributed by atoms with van der Waals surface area (Å²) in [5.74, 6) is 0.0203. The fraction of sp³-hybridized carbons (Fsp3) is 0.600. The molecule has 0 saturated carbocycles. The zero-order valence-corrected chi connectivity index (χ0v) is 16.0. The molecule has 1 aliphatic rings. The lowest BCUT2D eigenvalue weighted by molar-refractivity contribution is -0.129. The molecule has 2 rings (SSSR count). The van der Waals surface area contributed by atoms with Gasteiger partial charge >= 0.3 is 0 Å². The maximum Gasteiger partial charge on any atom is 0.247 e. The first kappa shape index (κ1) is 20.4. The third-order valence-corrected chi connectivity index (χ3v) is 4.45. The van der Waals surface area contributed by atoms with Crippen molar-refractivity contribution in [1.29, 1.82) is 0 Å². The molecule has 2 amide bonds. The Kier molecular flexibility index (Phi) is 8.58. The Morgan fingerprint density at radius 3 is 2.50 bits per heavy atom. The lowest BCUT2D eigenvalue weighted by atomic mass is 10.0. The highest BCUT2D eigenvalue weighted by Crippen LogP contribution is 2.14. The summed E-state index contributed by atoms with van der Waals surface area (Å²) < 4.78 is 0. The average Bonchev–Trinajstić information content (AvgIpc) is 2.64. The maximum absolute atomic E-state index is 12.7. The van der Waals surface area contributed by atoms with Gasteiger partial charge in [-0.2, -0.15) is 0 Å². The van der Waals surface area contributed by atoms with Gasteiger partial charge in [0.05, 0.1) is 0 Å². The van der Waals surface area contributed by atoms with Gasteiger partial charge in [-0.3, -0.25) is 9.59 Å². The molecule has 144 valence electrons. The lowest BCUT2D eigenvalue weighted by Crippen LogP contribution is -2.45. The molecule has 6 nitrogen and oxygen atoms in total. The number of nitrogens with zero attached hydrogens (tertiary/aromatic N) is 1. The number of hydrogen-bond acceptors (Lipinski definition) is 4. The molecule has 26 heavy (non-hydrogen) atoms. The van der Waals surface area contributed by atoms with Crippen LogP contribution in [0.25, 0.3) is 0 Å². The molecule has 0 aromatic heterocycles. The van der Waals surface area contributed by atoms with Crippen LogP contribution in [0.15, 0.2) is 30.3 Å². The minimum Gasteiger partial charge on any atom is -0.354 e. The third-order valence-electron chi connectivity index (χ3n) is 4.45. The molecule has 1 saturated heterocycles. The Bertz CT molecular complexity index is 556. The second-order valence-corrected chi connectivity index (χ2v) is 7.25. The minimum atomic E-state index is -0.637. The van der Waals surface area contributed by atoms with Gasteiger partial charge in [0.2, 0.25) is 11.8 Å². The maximum atomic E-state index is 12.7. The molecule has 1 atom stereocenters. The molecule has 0 aliphatic carbocycles. The van der Waals surface area contributed by atoms with Crippen LogP contribution in [0, 0.1) is 5.92 Å². The predicted molar refractivity (Wildman–Crippen MR) is 104 cm³/mol. The van der Waals surface area contributed by atoms with E-state index in [9.17, 15) is 9.59 Å².